The second-order valence-electron chi connectivity index (χ2n) is 18.0. The molecule has 0 aromatic heterocycles. The number of alkyl carbamates (subject to hydrolysis) is 1. The third kappa shape index (κ3) is 19.4. The van der Waals surface area contributed by atoms with Crippen molar-refractivity contribution in [2.45, 2.75) is 137 Å². The number of benzene rings is 1. The van der Waals surface area contributed by atoms with Crippen molar-refractivity contribution in [1.82, 2.24) is 31.1 Å². The molecule has 0 saturated carbocycles. The molecule has 20 heteroatoms. The number of hydrogen-bond acceptors (Lipinski definition) is 13. The van der Waals surface area contributed by atoms with E-state index >= 15 is 0 Å². The second-order valence-corrected chi connectivity index (χ2v) is 18.4. The van der Waals surface area contributed by atoms with Gasteiger partial charge < -0.3 is 55.1 Å². The van der Waals surface area contributed by atoms with Crippen LogP contribution in [0.2, 0.25) is 5.02 Å². The highest BCUT2D eigenvalue weighted by Crippen LogP contribution is 2.26. The molecule has 9 atom stereocenters. The lowest BCUT2D eigenvalue weighted by molar-refractivity contribution is -0.155. The Bertz CT molecular complexity index is 1980. The number of esters is 2. The Morgan fingerprint density at radius 1 is 0.942 bits per heavy atom. The van der Waals surface area contributed by atoms with Gasteiger partial charge in [0.2, 0.25) is 23.6 Å². The molecule has 1 aromatic rings. The Kier molecular flexibility index (Phi) is 25.5. The molecule has 0 radical (unpaired) electrons. The summed E-state index contributed by atoms with van der Waals surface area (Å²) in [5, 5.41) is 20.1. The summed E-state index contributed by atoms with van der Waals surface area (Å²) in [6, 6.07) is 1.88. The number of allylic oxidation sites excluding steroid dienone is 1. The minimum absolute atomic E-state index is 0.000115. The van der Waals surface area contributed by atoms with Crippen LogP contribution in [0, 0.1) is 17.8 Å². The molecule has 6 amide bonds. The Morgan fingerprint density at radius 3 is 2.17 bits per heavy atom. The summed E-state index contributed by atoms with van der Waals surface area (Å²) in [6.45, 7) is 16.2. The number of rotatable bonds is 13. The number of cyclic esters (lactones) is 2. The lowest BCUT2D eigenvalue weighted by Gasteiger charge is -2.33. The molecule has 5 N–H and O–H groups in total. The van der Waals surface area contributed by atoms with Crippen LogP contribution >= 0.6 is 11.6 Å². The third-order valence-corrected chi connectivity index (χ3v) is 12.1. The quantitative estimate of drug-likeness (QED) is 0.0821. The van der Waals surface area contributed by atoms with Crippen molar-refractivity contribution in [3.05, 3.63) is 58.1 Å². The molecule has 19 nitrogen and oxygen atoms in total. The lowest BCUT2D eigenvalue weighted by atomic mass is 9.90. The van der Waals surface area contributed by atoms with Gasteiger partial charge in [-0.3, -0.25) is 24.0 Å². The number of carbonyl (C=O) groups is 8. The van der Waals surface area contributed by atoms with Crippen LogP contribution in [-0.2, 0) is 58.9 Å². The Balaban J connectivity index is 2.71. The number of nitrogens with one attached hydrogen (secondary N) is 4. The van der Waals surface area contributed by atoms with E-state index in [4.69, 9.17) is 35.7 Å². The molecule has 1 aliphatic rings. The number of amides is 6. The summed E-state index contributed by atoms with van der Waals surface area (Å²) in [5.74, 6) is -6.45. The van der Waals surface area contributed by atoms with Gasteiger partial charge in [0.05, 0.1) is 26.4 Å². The van der Waals surface area contributed by atoms with Gasteiger partial charge in [0.15, 0.2) is 6.10 Å². The average Bonchev–Trinajstić information content (AvgIpc) is 3.30. The topological polar surface area (TPSA) is 248 Å². The highest BCUT2D eigenvalue weighted by molar-refractivity contribution is 6.30. The van der Waals surface area contributed by atoms with Gasteiger partial charge in [-0.1, -0.05) is 76.9 Å². The van der Waals surface area contributed by atoms with E-state index < -0.39 is 108 Å². The van der Waals surface area contributed by atoms with Gasteiger partial charge >= 0.3 is 18.0 Å². The van der Waals surface area contributed by atoms with Crippen molar-refractivity contribution in [1.29, 1.82) is 0 Å². The fraction of sp³-hybridized carbons (Fsp3) is 0.633. The molecule has 0 spiro atoms. The van der Waals surface area contributed by atoms with Crippen LogP contribution in [0.4, 0.5) is 4.79 Å². The molecule has 0 saturated heterocycles. The normalized spacial score (nSPS) is 26.2. The summed E-state index contributed by atoms with van der Waals surface area (Å²) < 4.78 is 22.9. The largest absolute Gasteiger partial charge is 0.456 e. The number of carbonyl (C=O) groups excluding carboxylic acids is 8. The van der Waals surface area contributed by atoms with Gasteiger partial charge in [0.1, 0.15) is 36.4 Å². The molecule has 0 bridgehead atoms. The van der Waals surface area contributed by atoms with Crippen molar-refractivity contribution in [3.8, 4) is 0 Å². The standard InChI is InChI=1S/C49H75ClN6O13/c1-13-29(5)41-44(60)53-34(10)48(64)69-42(30(6)14-2)32(8)38(68-49(65)51-21-23-66-24-22-57)20-15-31(7)47(63)67-39(25-28(3)4)43(59)52-33(9)45(61)56(12)37(26-35-16-18-36(50)19-17-35)46(62)55(11)27-40(58)54-41/h14-19,28-29,32-34,37-39,41-42,57H,13,20-27H2,1-12H3,(H,51,65)(H,52,59)(H,53,60)(H,54,58)/b30-14+,31-15+/t29?,32-,33-,34+,37+,38-,39+,41-,42+/m0/s1. The van der Waals surface area contributed by atoms with E-state index in [0.29, 0.717) is 22.6 Å². The Labute approximate surface area is 411 Å². The molecule has 69 heavy (non-hydrogen) atoms. The molecule has 1 heterocycles. The maximum absolute atomic E-state index is 14.3. The maximum atomic E-state index is 14.3. The van der Waals surface area contributed by atoms with Gasteiger partial charge in [-0.25, -0.2) is 14.4 Å². The molecule has 1 unspecified atom stereocenters. The first-order valence-electron chi connectivity index (χ1n) is 23.5. The smallest absolute Gasteiger partial charge is 0.407 e. The van der Waals surface area contributed by atoms with E-state index in [0.717, 1.165) is 4.90 Å². The van der Waals surface area contributed by atoms with Gasteiger partial charge in [-0.15, -0.1) is 0 Å². The highest BCUT2D eigenvalue weighted by atomic mass is 35.5. The number of likely N-dealkylation sites (N-methyl/N-ethyl adjacent to an activating group) is 2. The number of aliphatic hydroxyl groups is 1. The molecular formula is C49H75ClN6O13. The second kappa shape index (κ2) is 29.5. The summed E-state index contributed by atoms with van der Waals surface area (Å²) in [4.78, 5) is 113. The zero-order chi connectivity index (χ0) is 52.1. The fourth-order valence-corrected chi connectivity index (χ4v) is 7.40. The molecule has 0 aliphatic carbocycles. The van der Waals surface area contributed by atoms with Gasteiger partial charge in [0, 0.05) is 50.0 Å². The first kappa shape index (κ1) is 59.6. The van der Waals surface area contributed by atoms with Crippen molar-refractivity contribution in [3.63, 3.8) is 0 Å². The van der Waals surface area contributed by atoms with E-state index in [-0.39, 0.29) is 57.1 Å². The first-order valence-corrected chi connectivity index (χ1v) is 23.8. The maximum Gasteiger partial charge on any atom is 0.407 e. The zero-order valence-corrected chi connectivity index (χ0v) is 43.0. The van der Waals surface area contributed by atoms with E-state index in [1.807, 2.05) is 20.8 Å². The van der Waals surface area contributed by atoms with Crippen LogP contribution in [0.15, 0.2) is 47.6 Å². The number of aliphatic hydroxyl groups excluding tert-OH is 1. The number of nitrogens with zero attached hydrogens (tertiary/aromatic N) is 2. The van der Waals surface area contributed by atoms with Crippen LogP contribution in [0.5, 0.6) is 0 Å². The van der Waals surface area contributed by atoms with Gasteiger partial charge in [-0.05, 0) is 76.1 Å². The van der Waals surface area contributed by atoms with Gasteiger partial charge in [0.25, 0.3) is 5.91 Å². The molecule has 0 fully saturated rings. The Hall–Kier alpha value is -5.53. The van der Waals surface area contributed by atoms with Crippen molar-refractivity contribution in [2.75, 3.05) is 47.0 Å². The van der Waals surface area contributed by atoms with Crippen LogP contribution in [0.1, 0.15) is 94.1 Å². The third-order valence-electron chi connectivity index (χ3n) is 11.9. The minimum atomic E-state index is -1.34. The molecular weight excluding hydrogens is 916 g/mol. The number of hydrogen-bond donors (Lipinski definition) is 5. The minimum Gasteiger partial charge on any atom is -0.456 e. The monoisotopic (exact) mass is 991 g/mol. The van der Waals surface area contributed by atoms with Crippen LogP contribution in [0.25, 0.3) is 0 Å². The van der Waals surface area contributed by atoms with Crippen molar-refractivity contribution in [2.24, 2.45) is 17.8 Å². The van der Waals surface area contributed by atoms with E-state index in [1.165, 1.54) is 45.8 Å². The SMILES string of the molecule is C/C=C(\C)[C@H]1OC(=O)[C@@H](C)NC(=O)[C@H](C(C)CC)NC(=O)CN(C)C(=O)[C@@H](Cc2ccc(Cl)cc2)N(C)C(=O)[C@H](C)NC(=O)[C@@H](CC(C)C)OC(=O)/C(C)=C/C[C@H](OC(=O)NCCOCCO)[C@@H]1C. The summed E-state index contributed by atoms with van der Waals surface area (Å²) in [5.41, 5.74) is 1.28. The molecule has 1 aromatic carbocycles. The van der Waals surface area contributed by atoms with Gasteiger partial charge in [-0.2, -0.15) is 0 Å². The predicted molar refractivity (Wildman–Crippen MR) is 258 cm³/mol. The highest BCUT2D eigenvalue weighted by Gasteiger charge is 2.37. The number of halogens is 1. The molecule has 1 aliphatic heterocycles. The first-order chi connectivity index (χ1) is 32.4. The predicted octanol–water partition coefficient (Wildman–Crippen LogP) is 3.63. The summed E-state index contributed by atoms with van der Waals surface area (Å²) >= 11 is 6.13. The van der Waals surface area contributed by atoms with E-state index in [1.54, 1.807) is 58.0 Å². The summed E-state index contributed by atoms with van der Waals surface area (Å²) in [7, 11) is 2.79. The van der Waals surface area contributed by atoms with Crippen LogP contribution in [-0.4, -0.2) is 152 Å². The van der Waals surface area contributed by atoms with Crippen LogP contribution in [0.3, 0.4) is 0 Å². The summed E-state index contributed by atoms with van der Waals surface area (Å²) in [6.07, 6.45) is -0.609. The van der Waals surface area contributed by atoms with E-state index in [2.05, 4.69) is 21.3 Å². The molecule has 386 valence electrons. The van der Waals surface area contributed by atoms with Crippen LogP contribution < -0.4 is 21.3 Å². The lowest BCUT2D eigenvalue weighted by Crippen LogP contribution is -2.57. The van der Waals surface area contributed by atoms with E-state index in [9.17, 15) is 38.4 Å². The molecule has 2 rings (SSSR count). The fourth-order valence-electron chi connectivity index (χ4n) is 7.27. The zero-order valence-electron chi connectivity index (χ0n) is 42.2. The number of ether oxygens (including phenoxy) is 4. The average molecular weight is 992 g/mol. The van der Waals surface area contributed by atoms with Crippen molar-refractivity contribution >= 4 is 59.2 Å². The Morgan fingerprint density at radius 2 is 1.58 bits per heavy atom. The van der Waals surface area contributed by atoms with Crippen molar-refractivity contribution < 1.29 is 62.4 Å².